The fourth-order valence-electron chi connectivity index (χ4n) is 2.36. The first kappa shape index (κ1) is 10.2. The quantitative estimate of drug-likeness (QED) is 0.792. The number of carbonyl (C=O) groups is 1. The van der Waals surface area contributed by atoms with Crippen molar-refractivity contribution in [1.29, 1.82) is 0 Å². The number of fused-ring (bicyclic) bond motifs is 1. The summed E-state index contributed by atoms with van der Waals surface area (Å²) >= 11 is 0. The molecule has 1 aromatic rings. The first-order valence-electron chi connectivity index (χ1n) is 5.14. The zero-order chi connectivity index (χ0) is 10.9. The van der Waals surface area contributed by atoms with Crippen LogP contribution in [0.5, 0.6) is 0 Å². The molecule has 1 aliphatic carbocycles. The number of ether oxygens (including phenoxy) is 1. The van der Waals surface area contributed by atoms with Gasteiger partial charge in [0.1, 0.15) is 0 Å². The zero-order valence-electron chi connectivity index (χ0n) is 8.82. The summed E-state index contributed by atoms with van der Waals surface area (Å²) in [4.78, 5) is 11.6. The molecule has 0 aromatic heterocycles. The van der Waals surface area contributed by atoms with E-state index in [1.807, 2.05) is 24.3 Å². The van der Waals surface area contributed by atoms with E-state index in [-0.39, 0.29) is 0 Å². The van der Waals surface area contributed by atoms with Crippen LogP contribution in [0, 0.1) is 0 Å². The van der Waals surface area contributed by atoms with Gasteiger partial charge in [-0.05, 0) is 30.4 Å². The molecular formula is C12H15NO2. The van der Waals surface area contributed by atoms with Crippen molar-refractivity contribution in [2.24, 2.45) is 5.73 Å². The number of aryl methyl sites for hydroxylation is 1. The molecule has 0 radical (unpaired) electrons. The van der Waals surface area contributed by atoms with Crippen molar-refractivity contribution in [1.82, 2.24) is 0 Å². The second kappa shape index (κ2) is 3.66. The maximum absolute atomic E-state index is 11.6. The number of hydrogen-bond acceptors (Lipinski definition) is 2. The highest BCUT2D eigenvalue weighted by atomic mass is 16.5. The van der Waals surface area contributed by atoms with Gasteiger partial charge in [0, 0.05) is 7.11 Å². The highest BCUT2D eigenvalue weighted by molar-refractivity contribution is 5.85. The second-order valence-electron chi connectivity index (χ2n) is 3.91. The van der Waals surface area contributed by atoms with Crippen LogP contribution in [0.1, 0.15) is 24.0 Å². The topological polar surface area (TPSA) is 52.3 Å². The molecule has 0 heterocycles. The molecule has 1 aromatic carbocycles. The Morgan fingerprint density at radius 1 is 1.47 bits per heavy atom. The smallest absolute Gasteiger partial charge is 0.254 e. The van der Waals surface area contributed by atoms with Crippen LogP contribution < -0.4 is 5.73 Å². The summed E-state index contributed by atoms with van der Waals surface area (Å²) in [7, 11) is 1.55. The molecule has 15 heavy (non-hydrogen) atoms. The van der Waals surface area contributed by atoms with Crippen LogP contribution in [0.2, 0.25) is 0 Å². The second-order valence-corrected chi connectivity index (χ2v) is 3.91. The molecule has 3 heteroatoms. The van der Waals surface area contributed by atoms with Crippen molar-refractivity contribution in [2.45, 2.75) is 24.9 Å². The number of benzene rings is 1. The molecule has 3 nitrogen and oxygen atoms in total. The summed E-state index contributed by atoms with van der Waals surface area (Å²) in [6, 6.07) is 7.86. The van der Waals surface area contributed by atoms with Gasteiger partial charge < -0.3 is 10.5 Å². The Morgan fingerprint density at radius 3 is 2.87 bits per heavy atom. The third-order valence-electron chi connectivity index (χ3n) is 3.17. The number of amides is 1. The summed E-state index contributed by atoms with van der Waals surface area (Å²) in [5.41, 5.74) is 6.66. The number of methoxy groups -OCH3 is 1. The minimum Gasteiger partial charge on any atom is -0.367 e. The van der Waals surface area contributed by atoms with Crippen molar-refractivity contribution in [2.75, 3.05) is 7.11 Å². The Kier molecular flexibility index (Phi) is 2.49. The Labute approximate surface area is 89.2 Å². The van der Waals surface area contributed by atoms with E-state index in [0.29, 0.717) is 6.42 Å². The Hall–Kier alpha value is -1.35. The molecule has 0 aliphatic heterocycles. The fourth-order valence-corrected chi connectivity index (χ4v) is 2.36. The lowest BCUT2D eigenvalue weighted by Crippen LogP contribution is -2.45. The largest absolute Gasteiger partial charge is 0.367 e. The number of primary amides is 1. The molecule has 80 valence electrons. The zero-order valence-corrected chi connectivity index (χ0v) is 8.82. The van der Waals surface area contributed by atoms with Crippen LogP contribution in [0.15, 0.2) is 24.3 Å². The lowest BCUT2D eigenvalue weighted by atomic mass is 9.78. The lowest BCUT2D eigenvalue weighted by molar-refractivity contribution is -0.143. The van der Waals surface area contributed by atoms with Gasteiger partial charge in [0.15, 0.2) is 5.60 Å². The predicted octanol–water partition coefficient (Wildman–Crippen LogP) is 1.35. The SMILES string of the molecule is COC1(C(N)=O)CCCc2ccccc21. The van der Waals surface area contributed by atoms with Gasteiger partial charge in [-0.15, -0.1) is 0 Å². The van der Waals surface area contributed by atoms with E-state index in [9.17, 15) is 4.79 Å². The van der Waals surface area contributed by atoms with Crippen LogP contribution in [0.4, 0.5) is 0 Å². The van der Waals surface area contributed by atoms with Crippen LogP contribution in [0.3, 0.4) is 0 Å². The van der Waals surface area contributed by atoms with E-state index in [2.05, 4.69) is 0 Å². The van der Waals surface area contributed by atoms with E-state index in [0.717, 1.165) is 18.4 Å². The molecule has 0 saturated heterocycles. The third-order valence-corrected chi connectivity index (χ3v) is 3.17. The first-order valence-corrected chi connectivity index (χ1v) is 5.14. The molecule has 0 bridgehead atoms. The monoisotopic (exact) mass is 205 g/mol. The maximum Gasteiger partial charge on any atom is 0.254 e. The molecule has 2 N–H and O–H groups in total. The molecule has 1 amide bonds. The molecule has 0 saturated carbocycles. The number of carbonyl (C=O) groups excluding carboxylic acids is 1. The van der Waals surface area contributed by atoms with E-state index < -0.39 is 11.5 Å². The molecule has 1 atom stereocenters. The van der Waals surface area contributed by atoms with Gasteiger partial charge in [0.2, 0.25) is 0 Å². The molecule has 1 aliphatic rings. The van der Waals surface area contributed by atoms with Gasteiger partial charge in [-0.3, -0.25) is 4.79 Å². The van der Waals surface area contributed by atoms with Gasteiger partial charge in [0.25, 0.3) is 5.91 Å². The maximum atomic E-state index is 11.6. The number of hydrogen-bond donors (Lipinski definition) is 1. The Bertz CT molecular complexity index is 389. The summed E-state index contributed by atoms with van der Waals surface area (Å²) in [5, 5.41) is 0. The Morgan fingerprint density at radius 2 is 2.20 bits per heavy atom. The summed E-state index contributed by atoms with van der Waals surface area (Å²) in [6.07, 6.45) is 2.61. The van der Waals surface area contributed by atoms with E-state index in [4.69, 9.17) is 10.5 Å². The summed E-state index contributed by atoms with van der Waals surface area (Å²) in [6.45, 7) is 0. The van der Waals surface area contributed by atoms with Gasteiger partial charge in [0.05, 0.1) is 0 Å². The van der Waals surface area contributed by atoms with Crippen LogP contribution >= 0.6 is 0 Å². The normalized spacial score (nSPS) is 24.6. The predicted molar refractivity (Wildman–Crippen MR) is 57.3 cm³/mol. The van der Waals surface area contributed by atoms with Gasteiger partial charge in [-0.2, -0.15) is 0 Å². The van der Waals surface area contributed by atoms with Gasteiger partial charge in [-0.25, -0.2) is 0 Å². The van der Waals surface area contributed by atoms with E-state index in [1.165, 1.54) is 5.56 Å². The summed E-state index contributed by atoms with van der Waals surface area (Å²) < 4.78 is 5.39. The molecule has 2 rings (SSSR count). The molecule has 1 unspecified atom stereocenters. The molecular weight excluding hydrogens is 190 g/mol. The van der Waals surface area contributed by atoms with Crippen molar-refractivity contribution in [3.05, 3.63) is 35.4 Å². The average molecular weight is 205 g/mol. The highest BCUT2D eigenvalue weighted by Crippen LogP contribution is 2.37. The molecule has 0 spiro atoms. The van der Waals surface area contributed by atoms with Gasteiger partial charge >= 0.3 is 0 Å². The lowest BCUT2D eigenvalue weighted by Gasteiger charge is -2.35. The Balaban J connectivity index is 2.57. The van der Waals surface area contributed by atoms with Crippen LogP contribution in [-0.2, 0) is 21.6 Å². The first-order chi connectivity index (χ1) is 7.20. The van der Waals surface area contributed by atoms with E-state index in [1.54, 1.807) is 7.11 Å². The average Bonchev–Trinajstić information content (AvgIpc) is 2.28. The van der Waals surface area contributed by atoms with Crippen molar-refractivity contribution in [3.63, 3.8) is 0 Å². The number of nitrogens with two attached hydrogens (primary N) is 1. The standard InChI is InChI=1S/C12H15NO2/c1-15-12(11(13)14)8-4-6-9-5-2-3-7-10(9)12/h2-3,5,7H,4,6,8H2,1H3,(H2,13,14). The van der Waals surface area contributed by atoms with E-state index >= 15 is 0 Å². The number of rotatable bonds is 2. The minimum absolute atomic E-state index is 0.392. The van der Waals surface area contributed by atoms with Crippen molar-refractivity contribution >= 4 is 5.91 Å². The molecule has 0 fully saturated rings. The van der Waals surface area contributed by atoms with Crippen molar-refractivity contribution in [3.8, 4) is 0 Å². The highest BCUT2D eigenvalue weighted by Gasteiger charge is 2.41. The summed E-state index contributed by atoms with van der Waals surface area (Å²) in [5.74, 6) is -0.392. The van der Waals surface area contributed by atoms with Crippen LogP contribution in [-0.4, -0.2) is 13.0 Å². The van der Waals surface area contributed by atoms with Crippen LogP contribution in [0.25, 0.3) is 0 Å². The third kappa shape index (κ3) is 1.43. The fraction of sp³-hybridized carbons (Fsp3) is 0.417. The minimum atomic E-state index is -0.908. The van der Waals surface area contributed by atoms with Gasteiger partial charge in [-0.1, -0.05) is 24.3 Å². The van der Waals surface area contributed by atoms with Crippen molar-refractivity contribution < 1.29 is 9.53 Å².